The predicted octanol–water partition coefficient (Wildman–Crippen LogP) is 2.55. The largest absolute Gasteiger partial charge is 0.396 e. The van der Waals surface area contributed by atoms with Crippen LogP contribution in [-0.2, 0) is 21.1 Å². The molecule has 3 fully saturated rings. The van der Waals surface area contributed by atoms with Crippen molar-refractivity contribution in [1.29, 1.82) is 0 Å². The van der Waals surface area contributed by atoms with Crippen molar-refractivity contribution in [2.24, 2.45) is 17.8 Å². The molecule has 0 radical (unpaired) electrons. The lowest BCUT2D eigenvalue weighted by molar-refractivity contribution is -0.145. The molecule has 6 atom stereocenters. The molecule has 3 aliphatic heterocycles. The van der Waals surface area contributed by atoms with Crippen molar-refractivity contribution in [1.82, 2.24) is 29.7 Å². The quantitative estimate of drug-likeness (QED) is 0.363. The standard InChI is InChI=1S/C30H40N6O4S/c1-5-13-33(14-6-2)27(38)24-23-18-20(4)30(41-23)25(24)28(39)35(16-10-17-37)26(30)29(40)34(15-7-3)19-36-22-12-9-8-11-21(22)31-32-36/h5,7-9,11-12,20,23-26,37H,1,3,6,10,13-19H2,2,4H3/t20?,23-,24+,25-,26?,30?/m0/s1. The molecule has 1 N–H and O–H groups in total. The fourth-order valence-electron chi connectivity index (χ4n) is 7.22. The second-order valence-electron chi connectivity index (χ2n) is 11.3. The Kier molecular flexibility index (Phi) is 8.56. The highest BCUT2D eigenvalue weighted by Gasteiger charge is 2.76. The van der Waals surface area contributed by atoms with Crippen LogP contribution in [0.2, 0.25) is 0 Å². The van der Waals surface area contributed by atoms with Crippen LogP contribution in [0.4, 0.5) is 0 Å². The van der Waals surface area contributed by atoms with Gasteiger partial charge in [-0.05, 0) is 37.3 Å². The van der Waals surface area contributed by atoms with Gasteiger partial charge in [-0.1, -0.05) is 43.3 Å². The van der Waals surface area contributed by atoms with Gasteiger partial charge in [-0.2, -0.15) is 0 Å². The highest BCUT2D eigenvalue weighted by atomic mass is 32.2. The molecule has 10 nitrogen and oxygen atoms in total. The lowest BCUT2D eigenvalue weighted by Crippen LogP contribution is -2.57. The van der Waals surface area contributed by atoms with Gasteiger partial charge in [0.05, 0.1) is 22.1 Å². The van der Waals surface area contributed by atoms with E-state index in [1.165, 1.54) is 0 Å². The molecule has 3 amide bonds. The van der Waals surface area contributed by atoms with E-state index in [-0.39, 0.29) is 55.3 Å². The van der Waals surface area contributed by atoms with Crippen molar-refractivity contribution < 1.29 is 19.5 Å². The van der Waals surface area contributed by atoms with E-state index in [1.54, 1.807) is 43.3 Å². The van der Waals surface area contributed by atoms with Crippen molar-refractivity contribution >= 4 is 40.5 Å². The van der Waals surface area contributed by atoms with Gasteiger partial charge in [0.15, 0.2) is 0 Å². The number of likely N-dealkylation sites (tertiary alicyclic amines) is 1. The maximum atomic E-state index is 14.6. The molecule has 41 heavy (non-hydrogen) atoms. The van der Waals surface area contributed by atoms with Crippen LogP contribution in [0.15, 0.2) is 49.6 Å². The van der Waals surface area contributed by atoms with Crippen molar-refractivity contribution in [3.05, 3.63) is 49.6 Å². The Hall–Kier alpha value is -3.18. The maximum absolute atomic E-state index is 14.6. The van der Waals surface area contributed by atoms with Crippen LogP contribution >= 0.6 is 11.8 Å². The first-order valence-electron chi connectivity index (χ1n) is 14.5. The number of para-hydroxylation sites is 1. The molecule has 2 aromatic rings. The van der Waals surface area contributed by atoms with Crippen LogP contribution < -0.4 is 0 Å². The number of carbonyl (C=O) groups is 3. The third-order valence-corrected chi connectivity index (χ3v) is 10.9. The fourth-order valence-corrected chi connectivity index (χ4v) is 9.63. The van der Waals surface area contributed by atoms with Gasteiger partial charge in [-0.15, -0.1) is 30.0 Å². The number of rotatable bonds is 13. The summed E-state index contributed by atoms with van der Waals surface area (Å²) in [4.78, 5) is 48.1. The minimum Gasteiger partial charge on any atom is -0.396 e. The summed E-state index contributed by atoms with van der Waals surface area (Å²) in [5, 5.41) is 18.2. The molecule has 3 unspecified atom stereocenters. The normalized spacial score (nSPS) is 28.2. The highest BCUT2D eigenvalue weighted by molar-refractivity contribution is 8.02. The number of benzene rings is 1. The fraction of sp³-hybridized carbons (Fsp3) is 0.567. The van der Waals surface area contributed by atoms with Crippen LogP contribution in [0.5, 0.6) is 0 Å². The topological polar surface area (TPSA) is 112 Å². The van der Waals surface area contributed by atoms with E-state index in [1.807, 2.05) is 31.2 Å². The second-order valence-corrected chi connectivity index (χ2v) is 12.9. The van der Waals surface area contributed by atoms with Crippen LogP contribution in [0.3, 0.4) is 0 Å². The number of nitrogens with zero attached hydrogens (tertiary/aromatic N) is 6. The zero-order valence-electron chi connectivity index (χ0n) is 23.9. The molecule has 4 heterocycles. The summed E-state index contributed by atoms with van der Waals surface area (Å²) in [6.45, 7) is 13.5. The molecular formula is C30H40N6O4S. The summed E-state index contributed by atoms with van der Waals surface area (Å²) < 4.78 is 0.957. The van der Waals surface area contributed by atoms with Crippen molar-refractivity contribution in [3.63, 3.8) is 0 Å². The molecule has 1 spiro atoms. The highest BCUT2D eigenvalue weighted by Crippen LogP contribution is 2.68. The van der Waals surface area contributed by atoms with Crippen molar-refractivity contribution in [2.45, 2.75) is 55.8 Å². The first-order chi connectivity index (χ1) is 19.8. The average molecular weight is 581 g/mol. The van der Waals surface area contributed by atoms with Gasteiger partial charge in [-0.25, -0.2) is 4.68 Å². The van der Waals surface area contributed by atoms with Gasteiger partial charge in [-0.3, -0.25) is 14.4 Å². The number of aromatic nitrogens is 3. The molecule has 1 aromatic heterocycles. The second kappa shape index (κ2) is 12.0. The number of fused-ring (bicyclic) bond motifs is 2. The SMILES string of the molecule is C=CCN(Cn1nnc2ccccc21)C(=O)C1N(CCCO)C(=O)[C@@H]2[C@H](C(=O)N(CC=C)CCC)[C@@H]3CC(C)C12S3. The van der Waals surface area contributed by atoms with E-state index in [9.17, 15) is 19.5 Å². The predicted molar refractivity (Wildman–Crippen MR) is 159 cm³/mol. The van der Waals surface area contributed by atoms with Crippen molar-refractivity contribution in [3.8, 4) is 0 Å². The number of amides is 3. The first kappa shape index (κ1) is 29.3. The van der Waals surface area contributed by atoms with E-state index in [2.05, 4.69) is 30.4 Å². The lowest BCUT2D eigenvalue weighted by atomic mass is 9.65. The van der Waals surface area contributed by atoms with Gasteiger partial charge in [0, 0.05) is 38.0 Å². The summed E-state index contributed by atoms with van der Waals surface area (Å²) in [7, 11) is 0. The number of thioether (sulfide) groups is 1. The van der Waals surface area contributed by atoms with E-state index >= 15 is 0 Å². The van der Waals surface area contributed by atoms with Crippen LogP contribution in [0.25, 0.3) is 11.0 Å². The van der Waals surface area contributed by atoms with Gasteiger partial charge >= 0.3 is 0 Å². The Balaban J connectivity index is 1.53. The number of aliphatic hydroxyl groups is 1. The summed E-state index contributed by atoms with van der Waals surface area (Å²) >= 11 is 1.66. The zero-order valence-corrected chi connectivity index (χ0v) is 24.7. The zero-order chi connectivity index (χ0) is 29.3. The third kappa shape index (κ3) is 4.76. The van der Waals surface area contributed by atoms with Gasteiger partial charge in [0.2, 0.25) is 17.7 Å². The molecule has 1 aromatic carbocycles. The Morgan fingerprint density at radius 1 is 1.20 bits per heavy atom. The van der Waals surface area contributed by atoms with Crippen LogP contribution in [-0.4, -0.2) is 101 Å². The Morgan fingerprint density at radius 3 is 2.63 bits per heavy atom. The van der Waals surface area contributed by atoms with E-state index in [0.29, 0.717) is 19.5 Å². The number of hydrogen-bond donors (Lipinski definition) is 1. The molecule has 220 valence electrons. The maximum Gasteiger partial charge on any atom is 0.248 e. The van der Waals surface area contributed by atoms with Crippen LogP contribution in [0, 0.1) is 17.8 Å². The minimum absolute atomic E-state index is 0.0244. The molecular weight excluding hydrogens is 540 g/mol. The number of hydrogen-bond acceptors (Lipinski definition) is 7. The number of carbonyl (C=O) groups excluding carboxylic acids is 3. The third-order valence-electron chi connectivity index (χ3n) is 8.86. The number of aliphatic hydroxyl groups excluding tert-OH is 1. The minimum atomic E-state index is -0.761. The Morgan fingerprint density at radius 2 is 1.93 bits per heavy atom. The molecule has 11 heteroatoms. The Labute approximate surface area is 245 Å². The first-order valence-corrected chi connectivity index (χ1v) is 15.4. The summed E-state index contributed by atoms with van der Waals surface area (Å²) in [5.41, 5.74) is 1.53. The van der Waals surface area contributed by atoms with Gasteiger partial charge in [0.25, 0.3) is 0 Å². The lowest BCUT2D eigenvalue weighted by Gasteiger charge is -2.41. The summed E-state index contributed by atoms with van der Waals surface area (Å²) in [5.74, 6) is -1.40. The average Bonchev–Trinajstić information content (AvgIpc) is 3.68. The Bertz CT molecular complexity index is 1330. The molecule has 2 bridgehead atoms. The van der Waals surface area contributed by atoms with Gasteiger partial charge < -0.3 is 19.8 Å². The van der Waals surface area contributed by atoms with E-state index in [4.69, 9.17) is 0 Å². The summed E-state index contributed by atoms with van der Waals surface area (Å²) in [6, 6.07) is 6.81. The van der Waals surface area contributed by atoms with E-state index < -0.39 is 22.6 Å². The molecule has 0 saturated carbocycles. The molecule has 5 rings (SSSR count). The molecule has 3 aliphatic rings. The smallest absolute Gasteiger partial charge is 0.248 e. The van der Waals surface area contributed by atoms with Crippen LogP contribution in [0.1, 0.15) is 33.1 Å². The van der Waals surface area contributed by atoms with Gasteiger partial charge in [0.1, 0.15) is 18.2 Å². The molecule has 3 saturated heterocycles. The monoisotopic (exact) mass is 580 g/mol. The summed E-state index contributed by atoms with van der Waals surface area (Å²) in [6.07, 6.45) is 5.33. The van der Waals surface area contributed by atoms with Crippen molar-refractivity contribution in [2.75, 3.05) is 32.8 Å². The molecule has 0 aliphatic carbocycles. The van der Waals surface area contributed by atoms with E-state index in [0.717, 1.165) is 23.9 Å².